The van der Waals surface area contributed by atoms with Crippen LogP contribution in [0.1, 0.15) is 30.9 Å². The first-order valence-corrected chi connectivity index (χ1v) is 5.93. The summed E-state index contributed by atoms with van der Waals surface area (Å²) >= 11 is 0. The fraction of sp³-hybridized carbons (Fsp3) is 0.357. The fourth-order valence-corrected chi connectivity index (χ4v) is 2.35. The third-order valence-electron chi connectivity index (χ3n) is 3.23. The maximum Gasteiger partial charge on any atom is 0.216 e. The maximum absolute atomic E-state index is 13.6. The van der Waals surface area contributed by atoms with Crippen molar-refractivity contribution in [1.29, 1.82) is 0 Å². The van der Waals surface area contributed by atoms with Crippen molar-refractivity contribution < 1.29 is 9.13 Å². The first kappa shape index (κ1) is 10.5. The molecule has 1 aromatic rings. The molecule has 0 bridgehead atoms. The number of nitrogens with zero attached hydrogens (tertiary/aromatic N) is 1. The van der Waals surface area contributed by atoms with Gasteiger partial charge in [-0.3, -0.25) is 0 Å². The van der Waals surface area contributed by atoms with Gasteiger partial charge in [-0.25, -0.2) is 4.99 Å². The molecule has 0 saturated carbocycles. The minimum Gasteiger partial charge on any atom is -0.493 e. The van der Waals surface area contributed by atoms with Gasteiger partial charge in [-0.15, -0.1) is 0 Å². The first-order valence-electron chi connectivity index (χ1n) is 5.93. The van der Waals surface area contributed by atoms with Crippen molar-refractivity contribution in [3.05, 3.63) is 35.3 Å². The number of ether oxygens (including phenoxy) is 1. The number of aryl methyl sites for hydroxylation is 1. The van der Waals surface area contributed by atoms with E-state index in [9.17, 15) is 4.39 Å². The highest BCUT2D eigenvalue weighted by atomic mass is 19.1. The van der Waals surface area contributed by atoms with Crippen molar-refractivity contribution in [2.24, 2.45) is 4.99 Å². The number of hydrogen-bond donors (Lipinski definition) is 0. The molecule has 0 aliphatic carbocycles. The van der Waals surface area contributed by atoms with Gasteiger partial charge >= 0.3 is 0 Å². The third kappa shape index (κ3) is 1.86. The zero-order valence-corrected chi connectivity index (χ0v) is 9.79. The Balaban J connectivity index is 1.98. The van der Waals surface area contributed by atoms with Gasteiger partial charge in [0.15, 0.2) is 0 Å². The molecule has 2 heterocycles. The lowest BCUT2D eigenvalue weighted by Crippen LogP contribution is -2.08. The largest absolute Gasteiger partial charge is 0.493 e. The van der Waals surface area contributed by atoms with Crippen LogP contribution in [0.2, 0.25) is 0 Å². The minimum atomic E-state index is -0.349. The lowest BCUT2D eigenvalue weighted by Gasteiger charge is -2.18. The van der Waals surface area contributed by atoms with E-state index in [1.54, 1.807) is 0 Å². The Hall–Kier alpha value is -1.64. The van der Waals surface area contributed by atoms with Crippen LogP contribution in [0.5, 0.6) is 5.75 Å². The molecule has 3 heteroatoms. The predicted molar refractivity (Wildman–Crippen MR) is 66.0 cm³/mol. The van der Waals surface area contributed by atoms with Crippen LogP contribution in [-0.2, 0) is 6.42 Å². The standard InChI is InChI=1S/C14H14FNO/c1-9-7-12(14(15)16-9)11-5-4-10-3-2-6-17-13(10)8-11/h4-5,8H,2-3,6-7H2,1H3. The molecule has 0 unspecified atom stereocenters. The summed E-state index contributed by atoms with van der Waals surface area (Å²) in [5.74, 6) is 0.553. The van der Waals surface area contributed by atoms with E-state index in [2.05, 4.69) is 4.99 Å². The number of hydrogen-bond acceptors (Lipinski definition) is 2. The summed E-state index contributed by atoms with van der Waals surface area (Å²) in [6.45, 7) is 2.61. The van der Waals surface area contributed by atoms with E-state index in [1.807, 2.05) is 25.1 Å². The van der Waals surface area contributed by atoms with Gasteiger partial charge in [0.1, 0.15) is 5.75 Å². The molecular weight excluding hydrogens is 217 g/mol. The molecular formula is C14H14FNO. The Labute approximate surface area is 99.8 Å². The van der Waals surface area contributed by atoms with Gasteiger partial charge in [-0.2, -0.15) is 4.39 Å². The molecule has 1 aromatic carbocycles. The van der Waals surface area contributed by atoms with E-state index < -0.39 is 0 Å². The summed E-state index contributed by atoms with van der Waals surface area (Å²) in [6.07, 6.45) is 2.71. The number of allylic oxidation sites excluding steroid dienone is 1. The molecule has 17 heavy (non-hydrogen) atoms. The van der Waals surface area contributed by atoms with Crippen LogP contribution in [0.3, 0.4) is 0 Å². The van der Waals surface area contributed by atoms with Crippen molar-refractivity contribution in [2.75, 3.05) is 6.61 Å². The Morgan fingerprint density at radius 3 is 3.00 bits per heavy atom. The highest BCUT2D eigenvalue weighted by molar-refractivity contribution is 5.97. The van der Waals surface area contributed by atoms with Gasteiger partial charge in [-0.05, 0) is 37.0 Å². The fourth-order valence-electron chi connectivity index (χ4n) is 2.35. The molecule has 0 radical (unpaired) electrons. The van der Waals surface area contributed by atoms with Gasteiger partial charge < -0.3 is 4.74 Å². The molecule has 88 valence electrons. The number of fused-ring (bicyclic) bond motifs is 1. The van der Waals surface area contributed by atoms with Crippen molar-refractivity contribution >= 4 is 11.3 Å². The molecule has 0 N–H and O–H groups in total. The zero-order chi connectivity index (χ0) is 11.8. The SMILES string of the molecule is CC1=NC(F)=C(c2ccc3c(c2)OCCC3)C1. The van der Waals surface area contributed by atoms with Gasteiger partial charge in [0.25, 0.3) is 0 Å². The molecule has 0 aromatic heterocycles. The lowest BCUT2D eigenvalue weighted by atomic mass is 9.98. The van der Waals surface area contributed by atoms with Crippen LogP contribution < -0.4 is 4.74 Å². The van der Waals surface area contributed by atoms with Crippen molar-refractivity contribution in [1.82, 2.24) is 0 Å². The average Bonchev–Trinajstić information content (AvgIpc) is 2.68. The summed E-state index contributed by atoms with van der Waals surface area (Å²) in [4.78, 5) is 3.85. The molecule has 0 spiro atoms. The smallest absolute Gasteiger partial charge is 0.216 e. The zero-order valence-electron chi connectivity index (χ0n) is 9.79. The summed E-state index contributed by atoms with van der Waals surface area (Å²) in [5, 5.41) is 0. The molecule has 0 fully saturated rings. The van der Waals surface area contributed by atoms with E-state index in [-0.39, 0.29) is 5.95 Å². The minimum absolute atomic E-state index is 0.349. The molecule has 2 aliphatic rings. The van der Waals surface area contributed by atoms with Crippen LogP contribution in [0.25, 0.3) is 5.57 Å². The van der Waals surface area contributed by atoms with Crippen molar-refractivity contribution in [3.8, 4) is 5.75 Å². The third-order valence-corrected chi connectivity index (χ3v) is 3.23. The first-order chi connectivity index (χ1) is 8.24. The summed E-state index contributed by atoms with van der Waals surface area (Å²) in [5.41, 5.74) is 3.62. The molecule has 3 rings (SSSR count). The number of rotatable bonds is 1. The number of benzene rings is 1. The Bertz CT molecular complexity index is 531. The highest BCUT2D eigenvalue weighted by Gasteiger charge is 2.19. The van der Waals surface area contributed by atoms with Crippen LogP contribution in [0.15, 0.2) is 29.1 Å². The Morgan fingerprint density at radius 2 is 2.24 bits per heavy atom. The summed E-state index contributed by atoms with van der Waals surface area (Å²) in [7, 11) is 0. The average molecular weight is 231 g/mol. The lowest BCUT2D eigenvalue weighted by molar-refractivity contribution is 0.288. The van der Waals surface area contributed by atoms with Crippen molar-refractivity contribution in [2.45, 2.75) is 26.2 Å². The normalized spacial score (nSPS) is 18.8. The number of aliphatic imine (C=N–C) groups is 1. The van der Waals surface area contributed by atoms with Gasteiger partial charge in [0, 0.05) is 17.7 Å². The summed E-state index contributed by atoms with van der Waals surface area (Å²) in [6, 6.07) is 5.95. The van der Waals surface area contributed by atoms with Gasteiger partial charge in [-0.1, -0.05) is 12.1 Å². The van der Waals surface area contributed by atoms with Crippen molar-refractivity contribution in [3.63, 3.8) is 0 Å². The second-order valence-electron chi connectivity index (χ2n) is 4.57. The quantitative estimate of drug-likeness (QED) is 0.678. The topological polar surface area (TPSA) is 21.6 Å². The van der Waals surface area contributed by atoms with Gasteiger partial charge in [0.2, 0.25) is 5.95 Å². The monoisotopic (exact) mass is 231 g/mol. The summed E-state index contributed by atoms with van der Waals surface area (Å²) < 4.78 is 19.2. The van der Waals surface area contributed by atoms with Crippen LogP contribution in [0.4, 0.5) is 4.39 Å². The predicted octanol–water partition coefficient (Wildman–Crippen LogP) is 3.51. The van der Waals surface area contributed by atoms with E-state index in [1.165, 1.54) is 5.56 Å². The maximum atomic E-state index is 13.6. The van der Waals surface area contributed by atoms with E-state index in [0.29, 0.717) is 12.0 Å². The van der Waals surface area contributed by atoms with E-state index in [4.69, 9.17) is 4.74 Å². The highest BCUT2D eigenvalue weighted by Crippen LogP contribution is 2.34. The molecule has 0 atom stereocenters. The molecule has 2 nitrogen and oxygen atoms in total. The van der Waals surface area contributed by atoms with Gasteiger partial charge in [0.05, 0.1) is 6.61 Å². The Morgan fingerprint density at radius 1 is 1.35 bits per heavy atom. The van der Waals surface area contributed by atoms with E-state index in [0.717, 1.165) is 36.5 Å². The molecule has 0 amide bonds. The van der Waals surface area contributed by atoms with Crippen LogP contribution in [0, 0.1) is 0 Å². The van der Waals surface area contributed by atoms with Crippen LogP contribution in [-0.4, -0.2) is 12.3 Å². The number of halogens is 1. The second kappa shape index (κ2) is 3.99. The second-order valence-corrected chi connectivity index (χ2v) is 4.57. The molecule has 2 aliphatic heterocycles. The van der Waals surface area contributed by atoms with E-state index >= 15 is 0 Å². The Kier molecular flexibility index (Phi) is 2.46. The van der Waals surface area contributed by atoms with Crippen LogP contribution >= 0.6 is 0 Å². The molecule has 0 saturated heterocycles.